The molecule has 1 aliphatic heterocycles. The minimum atomic E-state index is -0.215. The lowest BCUT2D eigenvalue weighted by Crippen LogP contribution is -2.38. The predicted octanol–water partition coefficient (Wildman–Crippen LogP) is 1.01. The minimum Gasteiger partial charge on any atom is -0.358 e. The number of benzene rings is 1. The van der Waals surface area contributed by atoms with Gasteiger partial charge in [-0.1, -0.05) is 23.4 Å². The molecule has 1 aromatic heterocycles. The van der Waals surface area contributed by atoms with Crippen molar-refractivity contribution in [1.82, 2.24) is 30.5 Å². The Morgan fingerprint density at radius 3 is 2.78 bits per heavy atom. The third kappa shape index (κ3) is 5.18. The van der Waals surface area contributed by atoms with E-state index in [4.69, 9.17) is 0 Å². The van der Waals surface area contributed by atoms with Crippen LogP contribution in [0.25, 0.3) is 0 Å². The molecule has 146 valence electrons. The molecule has 1 saturated heterocycles. The number of carbonyl (C=O) groups excluding carboxylic acids is 2. The summed E-state index contributed by atoms with van der Waals surface area (Å²) in [6.07, 6.45) is 2.48. The molecule has 0 aliphatic carbocycles. The van der Waals surface area contributed by atoms with E-state index >= 15 is 0 Å². The number of amides is 3. The first-order chi connectivity index (χ1) is 12.6. The van der Waals surface area contributed by atoms with Gasteiger partial charge in [0.2, 0.25) is 5.91 Å². The molecule has 3 N–H and O–H groups in total. The number of para-hydroxylation sites is 1. The summed E-state index contributed by atoms with van der Waals surface area (Å²) in [4.78, 5) is 25.5. The van der Waals surface area contributed by atoms with Gasteiger partial charge in [-0.25, -0.2) is 9.48 Å². The van der Waals surface area contributed by atoms with Crippen LogP contribution in [0.5, 0.6) is 0 Å². The Labute approximate surface area is 163 Å². The number of rotatable bonds is 5. The zero-order valence-electron chi connectivity index (χ0n) is 15.3. The fraction of sp³-hybridized carbons (Fsp3) is 0.412. The molecule has 2 atom stereocenters. The van der Waals surface area contributed by atoms with Crippen molar-refractivity contribution in [2.45, 2.75) is 25.0 Å². The van der Waals surface area contributed by atoms with Crippen LogP contribution in [0.4, 0.5) is 10.5 Å². The van der Waals surface area contributed by atoms with Crippen molar-refractivity contribution in [3.8, 4) is 0 Å². The van der Waals surface area contributed by atoms with Crippen LogP contribution in [0.3, 0.4) is 0 Å². The van der Waals surface area contributed by atoms with E-state index in [0.717, 1.165) is 5.69 Å². The van der Waals surface area contributed by atoms with Gasteiger partial charge in [0, 0.05) is 26.3 Å². The van der Waals surface area contributed by atoms with Gasteiger partial charge in [0.15, 0.2) is 0 Å². The van der Waals surface area contributed by atoms with E-state index in [-0.39, 0.29) is 36.4 Å². The summed E-state index contributed by atoms with van der Waals surface area (Å²) in [6.45, 7) is 1.00. The van der Waals surface area contributed by atoms with E-state index in [9.17, 15) is 9.59 Å². The van der Waals surface area contributed by atoms with Crippen LogP contribution < -0.4 is 16.0 Å². The molecule has 0 radical (unpaired) electrons. The number of hydrogen-bond acceptors (Lipinski definition) is 5. The Balaban J connectivity index is 0.00000261. The normalized spacial score (nSPS) is 18.4. The van der Waals surface area contributed by atoms with Crippen molar-refractivity contribution in [3.63, 3.8) is 0 Å². The van der Waals surface area contributed by atoms with E-state index in [1.807, 2.05) is 36.5 Å². The molecule has 1 aromatic carbocycles. The number of anilines is 1. The van der Waals surface area contributed by atoms with Crippen molar-refractivity contribution < 1.29 is 9.59 Å². The van der Waals surface area contributed by atoms with Gasteiger partial charge in [-0.3, -0.25) is 4.79 Å². The highest BCUT2D eigenvalue weighted by molar-refractivity contribution is 5.89. The second-order valence-electron chi connectivity index (χ2n) is 6.31. The van der Waals surface area contributed by atoms with Crippen LogP contribution >= 0.6 is 12.4 Å². The molecule has 3 rings (SSSR count). The number of aromatic nitrogens is 3. The fourth-order valence-corrected chi connectivity index (χ4v) is 2.91. The second kappa shape index (κ2) is 9.33. The summed E-state index contributed by atoms with van der Waals surface area (Å²) in [5, 5.41) is 16.9. The van der Waals surface area contributed by atoms with Crippen LogP contribution in [0.15, 0.2) is 36.5 Å². The molecule has 1 fully saturated rings. The molecule has 2 heterocycles. The highest BCUT2D eigenvalue weighted by Gasteiger charge is 2.30. The van der Waals surface area contributed by atoms with Gasteiger partial charge in [-0.05, 0) is 18.6 Å². The van der Waals surface area contributed by atoms with Crippen LogP contribution in [-0.2, 0) is 11.3 Å². The SMILES string of the molecule is CNC(=O)[C@@H]1C[C@@H](n2cc(CN(C)C(=O)Nc3ccccc3)nn2)CN1.Cl. The lowest BCUT2D eigenvalue weighted by molar-refractivity contribution is -0.122. The highest BCUT2D eigenvalue weighted by atomic mass is 35.5. The van der Waals surface area contributed by atoms with E-state index < -0.39 is 0 Å². The van der Waals surface area contributed by atoms with Crippen molar-refractivity contribution >= 4 is 30.0 Å². The molecule has 27 heavy (non-hydrogen) atoms. The van der Waals surface area contributed by atoms with Crippen LogP contribution in [-0.4, -0.2) is 58.5 Å². The molecule has 9 nitrogen and oxygen atoms in total. The third-order valence-corrected chi connectivity index (χ3v) is 4.37. The number of likely N-dealkylation sites (N-methyl/N-ethyl adjacent to an activating group) is 1. The maximum absolute atomic E-state index is 12.2. The number of nitrogens with zero attached hydrogens (tertiary/aromatic N) is 4. The number of nitrogens with one attached hydrogen (secondary N) is 3. The minimum absolute atomic E-state index is 0. The zero-order valence-corrected chi connectivity index (χ0v) is 16.1. The monoisotopic (exact) mass is 393 g/mol. The maximum atomic E-state index is 12.2. The summed E-state index contributed by atoms with van der Waals surface area (Å²) in [5.74, 6) is -0.0230. The van der Waals surface area contributed by atoms with Gasteiger partial charge in [-0.2, -0.15) is 0 Å². The second-order valence-corrected chi connectivity index (χ2v) is 6.31. The number of halogens is 1. The first kappa shape index (κ1) is 20.7. The lowest BCUT2D eigenvalue weighted by atomic mass is 10.1. The molecule has 0 spiro atoms. The van der Waals surface area contributed by atoms with E-state index in [1.54, 1.807) is 23.7 Å². The van der Waals surface area contributed by atoms with E-state index in [2.05, 4.69) is 26.3 Å². The maximum Gasteiger partial charge on any atom is 0.321 e. The summed E-state index contributed by atoms with van der Waals surface area (Å²) in [7, 11) is 3.33. The van der Waals surface area contributed by atoms with Crippen LogP contribution in [0.2, 0.25) is 0 Å². The van der Waals surface area contributed by atoms with Crippen molar-refractivity contribution in [3.05, 3.63) is 42.2 Å². The van der Waals surface area contributed by atoms with Crippen molar-refractivity contribution in [2.24, 2.45) is 0 Å². The van der Waals surface area contributed by atoms with E-state index in [0.29, 0.717) is 25.2 Å². The highest BCUT2D eigenvalue weighted by Crippen LogP contribution is 2.19. The van der Waals surface area contributed by atoms with Gasteiger partial charge in [-0.15, -0.1) is 17.5 Å². The van der Waals surface area contributed by atoms with Gasteiger partial charge >= 0.3 is 6.03 Å². The number of carbonyl (C=O) groups is 2. The zero-order chi connectivity index (χ0) is 18.5. The smallest absolute Gasteiger partial charge is 0.321 e. The molecule has 0 bridgehead atoms. The summed E-state index contributed by atoms with van der Waals surface area (Å²) in [6, 6.07) is 8.93. The van der Waals surface area contributed by atoms with Crippen molar-refractivity contribution in [2.75, 3.05) is 26.0 Å². The van der Waals surface area contributed by atoms with Gasteiger partial charge < -0.3 is 20.9 Å². The van der Waals surface area contributed by atoms with Gasteiger partial charge in [0.25, 0.3) is 0 Å². The summed E-state index contributed by atoms with van der Waals surface area (Å²) >= 11 is 0. The summed E-state index contributed by atoms with van der Waals surface area (Å²) < 4.78 is 1.76. The summed E-state index contributed by atoms with van der Waals surface area (Å²) in [5.41, 5.74) is 1.43. The predicted molar refractivity (Wildman–Crippen MR) is 104 cm³/mol. The van der Waals surface area contributed by atoms with Gasteiger partial charge in [0.1, 0.15) is 5.69 Å². The first-order valence-corrected chi connectivity index (χ1v) is 8.49. The Kier molecular flexibility index (Phi) is 7.14. The largest absolute Gasteiger partial charge is 0.358 e. The topological polar surface area (TPSA) is 104 Å². The molecule has 2 aromatic rings. The third-order valence-electron chi connectivity index (χ3n) is 4.37. The van der Waals surface area contributed by atoms with Gasteiger partial charge in [0.05, 0.1) is 24.8 Å². The molecule has 3 amide bonds. The first-order valence-electron chi connectivity index (χ1n) is 8.49. The van der Waals surface area contributed by atoms with Crippen LogP contribution in [0.1, 0.15) is 18.2 Å². The Hall–Kier alpha value is -2.65. The Morgan fingerprint density at radius 1 is 1.33 bits per heavy atom. The average molecular weight is 394 g/mol. The Bertz CT molecular complexity index is 768. The van der Waals surface area contributed by atoms with E-state index in [1.165, 1.54) is 0 Å². The standard InChI is InChI=1S/C17H23N7O2.ClH/c1-18-16(25)15-8-14(9-19-15)24-11-13(21-22-24)10-23(2)17(26)20-12-6-4-3-5-7-12;/h3-7,11,14-15,19H,8-10H2,1-2H3,(H,18,25)(H,20,26);1H/t14-,15+;/m1./s1. The number of urea groups is 1. The molecule has 10 heteroatoms. The molecular formula is C17H24ClN7O2. The average Bonchev–Trinajstić information content (AvgIpc) is 3.31. The Morgan fingerprint density at radius 2 is 2.07 bits per heavy atom. The molecule has 0 saturated carbocycles. The molecular weight excluding hydrogens is 370 g/mol. The lowest BCUT2D eigenvalue weighted by Gasteiger charge is -2.16. The van der Waals surface area contributed by atoms with Crippen molar-refractivity contribution in [1.29, 1.82) is 0 Å². The van der Waals surface area contributed by atoms with Crippen LogP contribution in [0, 0.1) is 0 Å². The molecule has 1 aliphatic rings. The quantitative estimate of drug-likeness (QED) is 0.703. The molecule has 0 unspecified atom stereocenters. The fourth-order valence-electron chi connectivity index (χ4n) is 2.91. The number of hydrogen-bond donors (Lipinski definition) is 3.